The van der Waals surface area contributed by atoms with Crippen molar-refractivity contribution in [2.45, 2.75) is 31.6 Å². The van der Waals surface area contributed by atoms with E-state index in [0.29, 0.717) is 12.3 Å². The number of fused-ring (bicyclic) bond motifs is 1. The van der Waals surface area contributed by atoms with Crippen molar-refractivity contribution in [1.29, 1.82) is 0 Å². The van der Waals surface area contributed by atoms with Gasteiger partial charge in [0.1, 0.15) is 0 Å². The molecule has 2 aromatic carbocycles. The van der Waals surface area contributed by atoms with Gasteiger partial charge in [-0.1, -0.05) is 48.4 Å². The van der Waals surface area contributed by atoms with Crippen LogP contribution in [0.4, 0.5) is 0 Å². The Morgan fingerprint density at radius 1 is 1.12 bits per heavy atom. The average molecular weight is 367 g/mol. The number of nitrogens with zero attached hydrogens (tertiary/aromatic N) is 1. The maximum Gasteiger partial charge on any atom is 0.227 e. The van der Waals surface area contributed by atoms with E-state index >= 15 is 0 Å². The number of likely N-dealkylation sites (tertiary alicyclic amines) is 1. The summed E-state index contributed by atoms with van der Waals surface area (Å²) in [7, 11) is 0. The number of carbonyl (C=O) groups excluding carboxylic acids is 1. The van der Waals surface area contributed by atoms with Gasteiger partial charge in [0.05, 0.1) is 6.42 Å². The molecule has 1 unspecified atom stereocenters. The number of nitrogens with one attached hydrogen (secondary N) is 1. The highest BCUT2D eigenvalue weighted by Gasteiger charge is 2.23. The molecule has 3 aromatic rings. The zero-order valence-corrected chi connectivity index (χ0v) is 15.5. The SMILES string of the molecule is O=C(Cc1c[nH]c2ccccc12)N1CCCCC(c2ccc(Cl)cc2)C1. The molecule has 1 N–H and O–H groups in total. The van der Waals surface area contributed by atoms with Crippen molar-refractivity contribution in [3.8, 4) is 0 Å². The van der Waals surface area contributed by atoms with Crippen molar-refractivity contribution in [1.82, 2.24) is 9.88 Å². The number of carbonyl (C=O) groups is 1. The van der Waals surface area contributed by atoms with E-state index in [4.69, 9.17) is 11.6 Å². The topological polar surface area (TPSA) is 36.1 Å². The molecule has 0 radical (unpaired) electrons. The minimum absolute atomic E-state index is 0.218. The lowest BCUT2D eigenvalue weighted by Gasteiger charge is -2.25. The largest absolute Gasteiger partial charge is 0.361 e. The van der Waals surface area contributed by atoms with Crippen molar-refractivity contribution >= 4 is 28.4 Å². The number of hydrogen-bond acceptors (Lipinski definition) is 1. The first-order valence-electron chi connectivity index (χ1n) is 9.29. The maximum absolute atomic E-state index is 13.0. The molecular weight excluding hydrogens is 344 g/mol. The van der Waals surface area contributed by atoms with Crippen LogP contribution >= 0.6 is 11.6 Å². The molecule has 1 aliphatic rings. The van der Waals surface area contributed by atoms with Crippen molar-refractivity contribution in [3.63, 3.8) is 0 Å². The van der Waals surface area contributed by atoms with Gasteiger partial charge in [0.25, 0.3) is 0 Å². The summed E-state index contributed by atoms with van der Waals surface area (Å²) in [6, 6.07) is 16.2. The van der Waals surface area contributed by atoms with E-state index in [0.717, 1.165) is 53.8 Å². The zero-order valence-electron chi connectivity index (χ0n) is 14.7. The number of H-pyrrole nitrogens is 1. The van der Waals surface area contributed by atoms with Gasteiger partial charge in [-0.15, -0.1) is 0 Å². The Hall–Kier alpha value is -2.26. The van der Waals surface area contributed by atoms with E-state index < -0.39 is 0 Å². The Labute approximate surface area is 159 Å². The van der Waals surface area contributed by atoms with Crippen molar-refractivity contribution < 1.29 is 4.79 Å². The molecule has 1 fully saturated rings. The second-order valence-corrected chi connectivity index (χ2v) is 7.56. The van der Waals surface area contributed by atoms with Gasteiger partial charge in [0.2, 0.25) is 5.91 Å². The second-order valence-electron chi connectivity index (χ2n) is 7.12. The first kappa shape index (κ1) is 17.2. The monoisotopic (exact) mass is 366 g/mol. The second kappa shape index (κ2) is 7.55. The lowest BCUT2D eigenvalue weighted by molar-refractivity contribution is -0.130. The third-order valence-corrected chi connectivity index (χ3v) is 5.63. The maximum atomic E-state index is 13.0. The molecule has 3 nitrogen and oxygen atoms in total. The van der Waals surface area contributed by atoms with Crippen LogP contribution in [0.2, 0.25) is 5.02 Å². The van der Waals surface area contributed by atoms with Crippen molar-refractivity contribution in [2.75, 3.05) is 13.1 Å². The standard InChI is InChI=1S/C22H23ClN2O/c23-19-10-8-16(9-11-19)17-5-3-4-12-25(15-17)22(26)13-18-14-24-21-7-2-1-6-20(18)21/h1-2,6-11,14,17,24H,3-5,12-13,15H2. The fourth-order valence-corrected chi connectivity index (χ4v) is 4.05. The van der Waals surface area contributed by atoms with Gasteiger partial charge < -0.3 is 9.88 Å². The lowest BCUT2D eigenvalue weighted by atomic mass is 9.94. The molecule has 1 amide bonds. The highest BCUT2D eigenvalue weighted by molar-refractivity contribution is 6.30. The van der Waals surface area contributed by atoms with Crippen LogP contribution in [0.15, 0.2) is 54.7 Å². The van der Waals surface area contributed by atoms with Gasteiger partial charge in [-0.3, -0.25) is 4.79 Å². The summed E-state index contributed by atoms with van der Waals surface area (Å²) in [5.41, 5.74) is 3.45. The molecule has 1 atom stereocenters. The summed E-state index contributed by atoms with van der Waals surface area (Å²) in [5, 5.41) is 1.90. The molecule has 26 heavy (non-hydrogen) atoms. The zero-order chi connectivity index (χ0) is 17.9. The Morgan fingerprint density at radius 3 is 2.77 bits per heavy atom. The van der Waals surface area contributed by atoms with Crippen molar-refractivity contribution in [2.24, 2.45) is 0 Å². The summed E-state index contributed by atoms with van der Waals surface area (Å²) in [6.45, 7) is 1.65. The highest BCUT2D eigenvalue weighted by Crippen LogP contribution is 2.28. The molecule has 2 heterocycles. The van der Waals surface area contributed by atoms with Crippen LogP contribution in [0.25, 0.3) is 10.9 Å². The Balaban J connectivity index is 1.50. The van der Waals surface area contributed by atoms with Crippen LogP contribution in [0, 0.1) is 0 Å². The molecule has 1 saturated heterocycles. The molecule has 1 aliphatic heterocycles. The number of halogens is 1. The van der Waals surface area contributed by atoms with Crippen LogP contribution in [-0.2, 0) is 11.2 Å². The van der Waals surface area contributed by atoms with E-state index in [2.05, 4.69) is 23.2 Å². The number of aromatic amines is 1. The van der Waals surface area contributed by atoms with E-state index in [-0.39, 0.29) is 5.91 Å². The predicted octanol–water partition coefficient (Wildman–Crippen LogP) is 5.16. The smallest absolute Gasteiger partial charge is 0.227 e. The molecule has 0 bridgehead atoms. The quantitative estimate of drug-likeness (QED) is 0.682. The number of benzene rings is 2. The molecule has 1 aromatic heterocycles. The fraction of sp³-hybridized carbons (Fsp3) is 0.318. The summed E-state index contributed by atoms with van der Waals surface area (Å²) in [4.78, 5) is 18.3. The molecule has 4 heteroatoms. The summed E-state index contributed by atoms with van der Waals surface area (Å²) >= 11 is 6.02. The highest BCUT2D eigenvalue weighted by atomic mass is 35.5. The molecule has 0 aliphatic carbocycles. The van der Waals surface area contributed by atoms with Crippen molar-refractivity contribution in [3.05, 3.63) is 70.9 Å². The number of hydrogen-bond donors (Lipinski definition) is 1. The van der Waals surface area contributed by atoms with E-state index in [9.17, 15) is 4.79 Å². The van der Waals surface area contributed by atoms with Crippen LogP contribution < -0.4 is 0 Å². The normalized spacial score (nSPS) is 18.0. The van der Waals surface area contributed by atoms with Crippen LogP contribution in [-0.4, -0.2) is 28.9 Å². The fourth-order valence-electron chi connectivity index (χ4n) is 3.93. The lowest BCUT2D eigenvalue weighted by Crippen LogP contribution is -2.35. The van der Waals surface area contributed by atoms with Crippen LogP contribution in [0.3, 0.4) is 0 Å². The first-order valence-corrected chi connectivity index (χ1v) is 9.67. The predicted molar refractivity (Wildman–Crippen MR) is 107 cm³/mol. The molecule has 0 saturated carbocycles. The summed E-state index contributed by atoms with van der Waals surface area (Å²) < 4.78 is 0. The minimum atomic E-state index is 0.218. The molecule has 0 spiro atoms. The average Bonchev–Trinajstić information content (AvgIpc) is 2.89. The van der Waals surface area contributed by atoms with Gasteiger partial charge in [-0.05, 0) is 42.2 Å². The third-order valence-electron chi connectivity index (χ3n) is 5.38. The van der Waals surface area contributed by atoms with E-state index in [1.165, 1.54) is 5.56 Å². The number of amides is 1. The molecular formula is C22H23ClN2O. The number of para-hydroxylation sites is 1. The third kappa shape index (κ3) is 3.63. The van der Waals surface area contributed by atoms with Gasteiger partial charge in [0.15, 0.2) is 0 Å². The molecule has 4 rings (SSSR count). The van der Waals surface area contributed by atoms with Crippen LogP contribution in [0.1, 0.15) is 36.3 Å². The molecule has 134 valence electrons. The Kier molecular flexibility index (Phi) is 4.98. The van der Waals surface area contributed by atoms with Gasteiger partial charge in [-0.2, -0.15) is 0 Å². The first-order chi connectivity index (χ1) is 12.7. The van der Waals surface area contributed by atoms with E-state index in [1.807, 2.05) is 41.4 Å². The number of aromatic nitrogens is 1. The Morgan fingerprint density at radius 2 is 1.92 bits per heavy atom. The number of rotatable bonds is 3. The van der Waals surface area contributed by atoms with Gasteiger partial charge in [-0.25, -0.2) is 0 Å². The van der Waals surface area contributed by atoms with Gasteiger partial charge >= 0.3 is 0 Å². The summed E-state index contributed by atoms with van der Waals surface area (Å²) in [6.07, 6.45) is 5.78. The van der Waals surface area contributed by atoms with Gasteiger partial charge in [0, 0.05) is 41.1 Å². The Bertz CT molecular complexity index is 900. The van der Waals surface area contributed by atoms with E-state index in [1.54, 1.807) is 0 Å². The van der Waals surface area contributed by atoms with Crippen LogP contribution in [0.5, 0.6) is 0 Å². The minimum Gasteiger partial charge on any atom is -0.361 e. The summed E-state index contributed by atoms with van der Waals surface area (Å²) in [5.74, 6) is 0.609.